The minimum absolute atomic E-state index is 0.477. The summed E-state index contributed by atoms with van der Waals surface area (Å²) < 4.78 is 1.89. The highest BCUT2D eigenvalue weighted by atomic mass is 79.9. The maximum absolute atomic E-state index is 6.15. The van der Waals surface area contributed by atoms with Crippen LogP contribution in [0.3, 0.4) is 0 Å². The second-order valence-electron chi connectivity index (χ2n) is 3.86. The molecule has 2 heterocycles. The molecule has 0 unspecified atom stereocenters. The Hall–Kier alpha value is 0.0300. The van der Waals surface area contributed by atoms with Gasteiger partial charge < -0.3 is 0 Å². The fraction of sp³-hybridized carbons (Fsp3) is 0.333. The van der Waals surface area contributed by atoms with Crippen LogP contribution in [0.15, 0.2) is 15.0 Å². The Morgan fingerprint density at radius 1 is 1.33 bits per heavy atom. The molecular weight excluding hydrogens is 399 g/mol. The minimum atomic E-state index is 0.477. The molecule has 0 atom stereocenters. The summed E-state index contributed by atoms with van der Waals surface area (Å²) in [5.41, 5.74) is 0.967. The Morgan fingerprint density at radius 3 is 2.61 bits per heavy atom. The first kappa shape index (κ1) is 14.4. The molecule has 0 radical (unpaired) electrons. The predicted octanol–water partition coefficient (Wildman–Crippen LogP) is 5.64. The van der Waals surface area contributed by atoms with Crippen LogP contribution in [0.5, 0.6) is 0 Å². The van der Waals surface area contributed by atoms with E-state index in [4.69, 9.17) is 11.6 Å². The largest absolute Gasteiger partial charge is 0.231 e. The number of hydrogen-bond donors (Lipinski definition) is 0. The molecule has 2 aromatic rings. The van der Waals surface area contributed by atoms with Gasteiger partial charge in [0.05, 0.1) is 15.0 Å². The van der Waals surface area contributed by atoms with E-state index >= 15 is 0 Å². The number of thiophene rings is 1. The van der Waals surface area contributed by atoms with Crippen LogP contribution in [0, 0.1) is 6.92 Å². The molecule has 0 aromatic carbocycles. The van der Waals surface area contributed by atoms with E-state index in [-0.39, 0.29) is 0 Å². The van der Waals surface area contributed by atoms with E-state index in [0.717, 1.165) is 32.4 Å². The number of hydrogen-bond acceptors (Lipinski definition) is 3. The lowest BCUT2D eigenvalue weighted by molar-refractivity contribution is 0.868. The van der Waals surface area contributed by atoms with Crippen molar-refractivity contribution in [3.63, 3.8) is 0 Å². The zero-order valence-corrected chi connectivity index (χ0v) is 14.7. The lowest BCUT2D eigenvalue weighted by Gasteiger charge is -2.06. The van der Waals surface area contributed by atoms with Crippen molar-refractivity contribution in [1.82, 2.24) is 9.97 Å². The third kappa shape index (κ3) is 2.95. The van der Waals surface area contributed by atoms with Crippen LogP contribution in [-0.4, -0.2) is 9.97 Å². The molecule has 2 rings (SSSR count). The number of halogens is 3. The summed E-state index contributed by atoms with van der Waals surface area (Å²) in [5, 5.41) is 0.477. The molecule has 0 aliphatic rings. The minimum Gasteiger partial charge on any atom is -0.231 e. The molecule has 0 aliphatic carbocycles. The smallest absolute Gasteiger partial charge is 0.171 e. The summed E-state index contributed by atoms with van der Waals surface area (Å²) in [6.07, 6.45) is 1.92. The Balaban J connectivity index is 2.51. The van der Waals surface area contributed by atoms with E-state index in [9.17, 15) is 0 Å². The second-order valence-corrected chi connectivity index (χ2v) is 7.13. The van der Waals surface area contributed by atoms with E-state index in [0.29, 0.717) is 11.0 Å². The van der Waals surface area contributed by atoms with Gasteiger partial charge in [0.15, 0.2) is 5.82 Å². The summed E-state index contributed by atoms with van der Waals surface area (Å²) in [5.74, 6) is 0.699. The molecule has 96 valence electrons. The topological polar surface area (TPSA) is 25.8 Å². The SMILES string of the molecule is CCCc1nc(-c2cc(Br)c(C)s2)nc(Cl)c1Br. The molecule has 0 saturated heterocycles. The molecule has 0 amide bonds. The molecule has 0 saturated carbocycles. The van der Waals surface area contributed by atoms with Crippen molar-refractivity contribution < 1.29 is 0 Å². The third-order valence-corrected chi connectivity index (χ3v) is 5.91. The first-order chi connectivity index (χ1) is 8.52. The number of rotatable bonds is 3. The van der Waals surface area contributed by atoms with Gasteiger partial charge in [-0.1, -0.05) is 24.9 Å². The fourth-order valence-electron chi connectivity index (χ4n) is 1.55. The summed E-state index contributed by atoms with van der Waals surface area (Å²) >= 11 is 14.8. The van der Waals surface area contributed by atoms with Gasteiger partial charge >= 0.3 is 0 Å². The van der Waals surface area contributed by atoms with Crippen LogP contribution in [0.25, 0.3) is 10.7 Å². The number of aromatic nitrogens is 2. The molecule has 0 fully saturated rings. The van der Waals surface area contributed by atoms with E-state index in [1.165, 1.54) is 4.88 Å². The molecular formula is C12H11Br2ClN2S. The second kappa shape index (κ2) is 5.99. The Kier molecular flexibility index (Phi) is 4.80. The van der Waals surface area contributed by atoms with E-state index in [1.807, 2.05) is 6.07 Å². The normalized spacial score (nSPS) is 10.9. The summed E-state index contributed by atoms with van der Waals surface area (Å²) in [4.78, 5) is 11.2. The summed E-state index contributed by atoms with van der Waals surface area (Å²) in [6.45, 7) is 4.18. The summed E-state index contributed by atoms with van der Waals surface area (Å²) in [7, 11) is 0. The van der Waals surface area contributed by atoms with Crippen LogP contribution in [0.4, 0.5) is 0 Å². The number of nitrogens with zero attached hydrogens (tertiary/aromatic N) is 2. The first-order valence-electron chi connectivity index (χ1n) is 5.51. The van der Waals surface area contributed by atoms with Crippen molar-refractivity contribution in [2.45, 2.75) is 26.7 Å². The Morgan fingerprint density at radius 2 is 2.06 bits per heavy atom. The zero-order chi connectivity index (χ0) is 13.3. The molecule has 6 heteroatoms. The van der Waals surface area contributed by atoms with Gasteiger partial charge in [-0.25, -0.2) is 9.97 Å². The highest BCUT2D eigenvalue weighted by Crippen LogP contribution is 2.34. The molecule has 2 aromatic heterocycles. The van der Waals surface area contributed by atoms with Gasteiger partial charge in [0.1, 0.15) is 5.15 Å². The zero-order valence-electron chi connectivity index (χ0n) is 9.93. The molecule has 2 nitrogen and oxygen atoms in total. The van der Waals surface area contributed by atoms with Gasteiger partial charge in [-0.2, -0.15) is 0 Å². The van der Waals surface area contributed by atoms with Crippen molar-refractivity contribution in [1.29, 1.82) is 0 Å². The van der Waals surface area contributed by atoms with Gasteiger partial charge in [-0.05, 0) is 51.3 Å². The van der Waals surface area contributed by atoms with Crippen molar-refractivity contribution in [2.24, 2.45) is 0 Å². The van der Waals surface area contributed by atoms with Crippen LogP contribution in [0.2, 0.25) is 5.15 Å². The van der Waals surface area contributed by atoms with Crippen molar-refractivity contribution in [3.05, 3.63) is 30.7 Å². The highest BCUT2D eigenvalue weighted by molar-refractivity contribution is 9.11. The monoisotopic (exact) mass is 408 g/mol. The van der Waals surface area contributed by atoms with Crippen LogP contribution in [0.1, 0.15) is 23.9 Å². The van der Waals surface area contributed by atoms with Gasteiger partial charge in [-0.3, -0.25) is 0 Å². The van der Waals surface area contributed by atoms with E-state index < -0.39 is 0 Å². The van der Waals surface area contributed by atoms with Crippen molar-refractivity contribution in [3.8, 4) is 10.7 Å². The standard InChI is InChI=1S/C12H11Br2ClN2S/c1-3-4-8-10(14)11(15)17-12(16-8)9-5-7(13)6(2)18-9/h5H,3-4H2,1-2H3. The van der Waals surface area contributed by atoms with Gasteiger partial charge in [0, 0.05) is 9.35 Å². The van der Waals surface area contributed by atoms with E-state index in [2.05, 4.69) is 55.7 Å². The van der Waals surface area contributed by atoms with Crippen molar-refractivity contribution in [2.75, 3.05) is 0 Å². The molecule has 0 aliphatic heterocycles. The molecule has 0 N–H and O–H groups in total. The van der Waals surface area contributed by atoms with E-state index in [1.54, 1.807) is 11.3 Å². The van der Waals surface area contributed by atoms with Gasteiger partial charge in [-0.15, -0.1) is 11.3 Å². The van der Waals surface area contributed by atoms with Crippen LogP contribution in [-0.2, 0) is 6.42 Å². The van der Waals surface area contributed by atoms with Gasteiger partial charge in [0.2, 0.25) is 0 Å². The lowest BCUT2D eigenvalue weighted by Crippen LogP contribution is -1.97. The van der Waals surface area contributed by atoms with Crippen LogP contribution >= 0.6 is 54.8 Å². The highest BCUT2D eigenvalue weighted by Gasteiger charge is 2.14. The Labute approximate surface area is 132 Å². The molecule has 0 bridgehead atoms. The van der Waals surface area contributed by atoms with Crippen molar-refractivity contribution >= 4 is 54.8 Å². The molecule has 18 heavy (non-hydrogen) atoms. The predicted molar refractivity (Wildman–Crippen MR) is 84.5 cm³/mol. The molecule has 0 spiro atoms. The summed E-state index contributed by atoms with van der Waals surface area (Å²) in [6, 6.07) is 2.04. The maximum atomic E-state index is 6.15. The number of aryl methyl sites for hydroxylation is 2. The third-order valence-electron chi connectivity index (χ3n) is 2.44. The average Bonchev–Trinajstić information content (AvgIpc) is 2.65. The van der Waals surface area contributed by atoms with Gasteiger partial charge in [0.25, 0.3) is 0 Å². The average molecular weight is 411 g/mol. The quantitative estimate of drug-likeness (QED) is 0.612. The first-order valence-corrected chi connectivity index (χ1v) is 8.29. The van der Waals surface area contributed by atoms with Crippen LogP contribution < -0.4 is 0 Å². The lowest BCUT2D eigenvalue weighted by atomic mass is 10.2. The maximum Gasteiger partial charge on any atom is 0.171 e. The Bertz CT molecular complexity index is 564. The fourth-order valence-corrected chi connectivity index (χ4v) is 3.58.